The van der Waals surface area contributed by atoms with Crippen molar-refractivity contribution in [1.82, 2.24) is 29.4 Å². The molecule has 1 aliphatic heterocycles. The molecule has 1 aliphatic rings. The molecule has 0 atom stereocenters. The molecule has 0 bridgehead atoms. The van der Waals surface area contributed by atoms with Crippen LogP contribution in [-0.4, -0.2) is 42.5 Å². The lowest BCUT2D eigenvalue weighted by atomic mass is 9.97. The van der Waals surface area contributed by atoms with E-state index in [-0.39, 0.29) is 5.56 Å². The summed E-state index contributed by atoms with van der Waals surface area (Å²) in [6, 6.07) is 13.1. The maximum absolute atomic E-state index is 12.3. The van der Waals surface area contributed by atoms with Crippen molar-refractivity contribution < 1.29 is 0 Å². The summed E-state index contributed by atoms with van der Waals surface area (Å²) in [5, 5.41) is 13.2. The number of aromatic nitrogens is 6. The van der Waals surface area contributed by atoms with E-state index in [1.807, 2.05) is 40.9 Å². The van der Waals surface area contributed by atoms with Crippen LogP contribution >= 0.6 is 0 Å². The largest absolute Gasteiger partial charge is 0.341 e. The summed E-state index contributed by atoms with van der Waals surface area (Å²) in [6.45, 7) is 2.41. The van der Waals surface area contributed by atoms with Crippen LogP contribution in [0.15, 0.2) is 65.8 Å². The molecule has 0 radical (unpaired) electrons. The Morgan fingerprint density at radius 1 is 0.966 bits per heavy atom. The van der Waals surface area contributed by atoms with Gasteiger partial charge in [0.1, 0.15) is 0 Å². The molecule has 0 unspecified atom stereocenters. The quantitative estimate of drug-likeness (QED) is 0.534. The first kappa shape index (κ1) is 17.5. The van der Waals surface area contributed by atoms with Crippen molar-refractivity contribution in [2.45, 2.75) is 19.4 Å². The molecule has 0 spiro atoms. The van der Waals surface area contributed by atoms with Crippen molar-refractivity contribution in [1.29, 1.82) is 0 Å². The van der Waals surface area contributed by atoms with E-state index in [2.05, 4.69) is 25.2 Å². The van der Waals surface area contributed by atoms with Gasteiger partial charge in [0, 0.05) is 49.9 Å². The van der Waals surface area contributed by atoms with E-state index in [0.717, 1.165) is 48.8 Å². The van der Waals surface area contributed by atoms with Crippen LogP contribution in [0.4, 0.5) is 5.95 Å². The van der Waals surface area contributed by atoms with Crippen molar-refractivity contribution in [3.05, 3.63) is 71.4 Å². The molecule has 5 heterocycles. The number of hydrogen-bond acceptors (Lipinski definition) is 6. The van der Waals surface area contributed by atoms with E-state index in [1.54, 1.807) is 29.2 Å². The van der Waals surface area contributed by atoms with Crippen LogP contribution in [0.1, 0.15) is 12.8 Å². The second-order valence-corrected chi connectivity index (χ2v) is 7.33. The summed E-state index contributed by atoms with van der Waals surface area (Å²) >= 11 is 0. The van der Waals surface area contributed by atoms with Crippen molar-refractivity contribution in [2.75, 3.05) is 18.0 Å². The van der Waals surface area contributed by atoms with E-state index in [9.17, 15) is 4.79 Å². The maximum atomic E-state index is 12.3. The Hall–Kier alpha value is -3.55. The zero-order chi connectivity index (χ0) is 19.6. The Kier molecular flexibility index (Phi) is 4.51. The van der Waals surface area contributed by atoms with Gasteiger partial charge in [-0.1, -0.05) is 6.07 Å². The third-order valence-electron chi connectivity index (χ3n) is 5.47. The molecule has 5 rings (SSSR count). The second kappa shape index (κ2) is 7.46. The zero-order valence-electron chi connectivity index (χ0n) is 15.9. The van der Waals surface area contributed by atoms with Crippen LogP contribution in [0.2, 0.25) is 0 Å². The minimum absolute atomic E-state index is 0.0614. The normalized spacial score (nSPS) is 15.1. The highest BCUT2D eigenvalue weighted by molar-refractivity contribution is 5.57. The molecule has 0 N–H and O–H groups in total. The molecule has 8 nitrogen and oxygen atoms in total. The molecule has 1 saturated heterocycles. The Balaban J connectivity index is 1.29. The topological polar surface area (TPSA) is 81.2 Å². The van der Waals surface area contributed by atoms with Crippen molar-refractivity contribution in [3.8, 4) is 11.3 Å². The number of rotatable bonds is 4. The van der Waals surface area contributed by atoms with E-state index < -0.39 is 0 Å². The fourth-order valence-corrected chi connectivity index (χ4v) is 3.86. The van der Waals surface area contributed by atoms with Gasteiger partial charge in [0.25, 0.3) is 5.56 Å². The van der Waals surface area contributed by atoms with Gasteiger partial charge in [-0.05, 0) is 49.1 Å². The predicted molar refractivity (Wildman–Crippen MR) is 110 cm³/mol. The lowest BCUT2D eigenvalue weighted by Gasteiger charge is -2.31. The highest BCUT2D eigenvalue weighted by atomic mass is 16.1. The van der Waals surface area contributed by atoms with Gasteiger partial charge in [0.05, 0.1) is 5.69 Å². The summed E-state index contributed by atoms with van der Waals surface area (Å²) in [5.74, 6) is 1.29. The molecular weight excluding hydrogens is 366 g/mol. The van der Waals surface area contributed by atoms with Gasteiger partial charge in [0.2, 0.25) is 5.95 Å². The smallest absolute Gasteiger partial charge is 0.266 e. The van der Waals surface area contributed by atoms with E-state index >= 15 is 0 Å². The number of fused-ring (bicyclic) bond motifs is 1. The Labute approximate surface area is 167 Å². The standard InChI is InChI=1S/C21H21N7O/c29-20-5-4-18(17-6-10-22-11-7-17)25-28(20)15-16-8-13-26(14-9-16)21-24-23-19-3-1-2-12-27(19)21/h1-7,10-12,16H,8-9,13-15H2. The van der Waals surface area contributed by atoms with E-state index in [0.29, 0.717) is 12.5 Å². The molecule has 1 fully saturated rings. The average Bonchev–Trinajstić information content (AvgIpc) is 3.21. The maximum Gasteiger partial charge on any atom is 0.266 e. The third-order valence-corrected chi connectivity index (χ3v) is 5.47. The fraction of sp³-hybridized carbons (Fsp3) is 0.286. The summed E-state index contributed by atoms with van der Waals surface area (Å²) in [7, 11) is 0. The lowest BCUT2D eigenvalue weighted by Crippen LogP contribution is -2.37. The molecule has 4 aromatic heterocycles. The molecule has 29 heavy (non-hydrogen) atoms. The van der Waals surface area contributed by atoms with Crippen LogP contribution in [0, 0.1) is 5.92 Å². The zero-order valence-corrected chi connectivity index (χ0v) is 15.9. The summed E-state index contributed by atoms with van der Waals surface area (Å²) in [4.78, 5) is 18.6. The van der Waals surface area contributed by atoms with E-state index in [1.165, 1.54) is 0 Å². The van der Waals surface area contributed by atoms with Crippen LogP contribution < -0.4 is 10.5 Å². The second-order valence-electron chi connectivity index (χ2n) is 7.33. The first-order chi connectivity index (χ1) is 14.3. The van der Waals surface area contributed by atoms with Gasteiger partial charge in [0.15, 0.2) is 5.65 Å². The van der Waals surface area contributed by atoms with Gasteiger partial charge in [-0.3, -0.25) is 14.2 Å². The summed E-state index contributed by atoms with van der Waals surface area (Å²) < 4.78 is 3.62. The molecule has 0 saturated carbocycles. The average molecular weight is 387 g/mol. The van der Waals surface area contributed by atoms with Crippen molar-refractivity contribution in [3.63, 3.8) is 0 Å². The number of hydrogen-bond donors (Lipinski definition) is 0. The predicted octanol–water partition coefficient (Wildman–Crippen LogP) is 2.26. The minimum Gasteiger partial charge on any atom is -0.341 e. The van der Waals surface area contributed by atoms with Gasteiger partial charge in [-0.15, -0.1) is 10.2 Å². The van der Waals surface area contributed by atoms with Crippen LogP contribution in [0.3, 0.4) is 0 Å². The number of pyridine rings is 2. The highest BCUT2D eigenvalue weighted by Gasteiger charge is 2.23. The Bertz CT molecular complexity index is 1180. The summed E-state index contributed by atoms with van der Waals surface area (Å²) in [5.41, 5.74) is 2.55. The highest BCUT2D eigenvalue weighted by Crippen LogP contribution is 2.23. The summed E-state index contributed by atoms with van der Waals surface area (Å²) in [6.07, 6.45) is 7.42. The van der Waals surface area contributed by atoms with Gasteiger partial charge in [-0.2, -0.15) is 5.10 Å². The van der Waals surface area contributed by atoms with E-state index in [4.69, 9.17) is 0 Å². The Morgan fingerprint density at radius 2 is 1.79 bits per heavy atom. The monoisotopic (exact) mass is 387 g/mol. The van der Waals surface area contributed by atoms with Crippen LogP contribution in [-0.2, 0) is 6.54 Å². The lowest BCUT2D eigenvalue weighted by molar-refractivity contribution is 0.334. The minimum atomic E-state index is -0.0614. The van der Waals surface area contributed by atoms with Gasteiger partial charge in [-0.25, -0.2) is 4.68 Å². The molecule has 0 amide bonds. The first-order valence-corrected chi connectivity index (χ1v) is 9.81. The molecular formula is C21H21N7O. The number of nitrogens with zero attached hydrogens (tertiary/aromatic N) is 7. The fourth-order valence-electron chi connectivity index (χ4n) is 3.86. The first-order valence-electron chi connectivity index (χ1n) is 9.81. The third kappa shape index (κ3) is 3.49. The van der Waals surface area contributed by atoms with Gasteiger partial charge >= 0.3 is 0 Å². The van der Waals surface area contributed by atoms with Crippen LogP contribution in [0.25, 0.3) is 16.9 Å². The molecule has 0 aromatic carbocycles. The van der Waals surface area contributed by atoms with Crippen molar-refractivity contribution >= 4 is 11.6 Å². The van der Waals surface area contributed by atoms with Crippen molar-refractivity contribution in [2.24, 2.45) is 5.92 Å². The molecule has 8 heteroatoms. The Morgan fingerprint density at radius 3 is 2.62 bits per heavy atom. The number of piperidine rings is 1. The molecule has 4 aromatic rings. The van der Waals surface area contributed by atoms with Gasteiger partial charge < -0.3 is 4.90 Å². The van der Waals surface area contributed by atoms with Crippen LogP contribution in [0.5, 0.6) is 0 Å². The molecule has 146 valence electrons. The SMILES string of the molecule is O=c1ccc(-c2ccncc2)nn1CC1CCN(c2nnc3ccccn23)CC1. The molecule has 0 aliphatic carbocycles. The number of anilines is 1.